The van der Waals surface area contributed by atoms with E-state index in [2.05, 4.69) is 16.6 Å². The molecule has 0 aliphatic carbocycles. The molecular formula is C21H27N3O3. The van der Waals surface area contributed by atoms with Gasteiger partial charge in [-0.1, -0.05) is 36.4 Å². The summed E-state index contributed by atoms with van der Waals surface area (Å²) in [6, 6.07) is 9.54. The van der Waals surface area contributed by atoms with Gasteiger partial charge in [-0.05, 0) is 31.9 Å². The molecule has 2 atom stereocenters. The lowest BCUT2D eigenvalue weighted by atomic mass is 9.71. The topological polar surface area (TPSA) is 78.6 Å². The van der Waals surface area contributed by atoms with Gasteiger partial charge in [-0.25, -0.2) is 0 Å². The normalized spacial score (nSPS) is 23.3. The Labute approximate surface area is 159 Å². The Balaban J connectivity index is 1.71. The Morgan fingerprint density at radius 2 is 2.15 bits per heavy atom. The maximum absolute atomic E-state index is 12.1. The van der Waals surface area contributed by atoms with Crippen LogP contribution in [-0.4, -0.2) is 50.1 Å². The lowest BCUT2D eigenvalue weighted by Gasteiger charge is -2.43. The number of piperidine rings is 1. The van der Waals surface area contributed by atoms with Crippen molar-refractivity contribution in [2.45, 2.75) is 39.0 Å². The Kier molecular flexibility index (Phi) is 5.77. The van der Waals surface area contributed by atoms with E-state index < -0.39 is 17.5 Å². The van der Waals surface area contributed by atoms with E-state index in [9.17, 15) is 15.0 Å². The molecule has 0 amide bonds. The second kappa shape index (κ2) is 8.06. The van der Waals surface area contributed by atoms with Crippen molar-refractivity contribution in [1.82, 2.24) is 14.7 Å². The highest BCUT2D eigenvalue weighted by atomic mass is 16.4. The summed E-state index contributed by atoms with van der Waals surface area (Å²) >= 11 is 0. The van der Waals surface area contributed by atoms with Crippen molar-refractivity contribution in [2.75, 3.05) is 13.1 Å². The minimum atomic E-state index is -1.14. The van der Waals surface area contributed by atoms with Gasteiger partial charge in [-0.3, -0.25) is 14.4 Å². The molecular weight excluding hydrogens is 342 g/mol. The van der Waals surface area contributed by atoms with E-state index in [1.165, 1.54) is 0 Å². The lowest BCUT2D eigenvalue weighted by molar-refractivity contribution is -0.163. The van der Waals surface area contributed by atoms with Crippen LogP contribution in [0, 0.1) is 12.3 Å². The van der Waals surface area contributed by atoms with Gasteiger partial charge in [0, 0.05) is 24.3 Å². The zero-order chi connectivity index (χ0) is 19.4. The van der Waals surface area contributed by atoms with E-state index >= 15 is 0 Å². The smallest absolute Gasteiger partial charge is 0.312 e. The van der Waals surface area contributed by atoms with Crippen molar-refractivity contribution in [3.05, 3.63) is 66.0 Å². The Bertz CT molecular complexity index is 802. The minimum Gasteiger partial charge on any atom is -0.481 e. The van der Waals surface area contributed by atoms with Crippen LogP contribution < -0.4 is 0 Å². The van der Waals surface area contributed by atoms with Crippen LogP contribution in [0.1, 0.15) is 23.2 Å². The quantitative estimate of drug-likeness (QED) is 0.732. The number of β-amino-alcohol motifs (C(OH)–C–C–N with tert-alkyl or cyclic N) is 1. The molecule has 0 saturated carbocycles. The average Bonchev–Trinajstić information content (AvgIpc) is 2.98. The number of benzene rings is 1. The van der Waals surface area contributed by atoms with Gasteiger partial charge < -0.3 is 10.2 Å². The van der Waals surface area contributed by atoms with Crippen LogP contribution in [0.3, 0.4) is 0 Å². The number of hydrogen-bond donors (Lipinski definition) is 2. The predicted octanol–water partition coefficient (Wildman–Crippen LogP) is 2.26. The number of likely N-dealkylation sites (tertiary alicyclic amines) is 1. The molecule has 0 bridgehead atoms. The predicted molar refractivity (Wildman–Crippen MR) is 103 cm³/mol. The van der Waals surface area contributed by atoms with Crippen LogP contribution in [0.2, 0.25) is 0 Å². The van der Waals surface area contributed by atoms with E-state index in [1.807, 2.05) is 48.1 Å². The number of aromatic nitrogens is 2. The molecule has 1 aromatic carbocycles. The molecule has 1 saturated heterocycles. The molecule has 2 aromatic rings. The monoisotopic (exact) mass is 369 g/mol. The second-order valence-corrected chi connectivity index (χ2v) is 7.35. The van der Waals surface area contributed by atoms with Gasteiger partial charge in [0.05, 0.1) is 18.8 Å². The molecule has 27 heavy (non-hydrogen) atoms. The number of carboxylic acids is 1. The van der Waals surface area contributed by atoms with Crippen molar-refractivity contribution in [3.8, 4) is 0 Å². The first-order chi connectivity index (χ1) is 13.0. The van der Waals surface area contributed by atoms with Crippen molar-refractivity contribution in [2.24, 2.45) is 5.41 Å². The molecule has 2 N–H and O–H groups in total. The first-order valence-corrected chi connectivity index (χ1v) is 9.26. The molecule has 2 heterocycles. The van der Waals surface area contributed by atoms with Crippen molar-refractivity contribution in [1.29, 1.82) is 0 Å². The molecule has 0 radical (unpaired) electrons. The standard InChI is InChI=1S/C21H27N3O3/c1-3-10-24-16(2)18(13-22-24)14-23-11-9-21(20(26)27,19(25)15-23)12-17-7-5-4-6-8-17/h3-8,13,19,25H,1,9-12,14-15H2,2H3,(H,26,27)/t19-,21-/m1/s1. The van der Waals surface area contributed by atoms with Crippen LogP contribution in [0.15, 0.2) is 49.2 Å². The van der Waals surface area contributed by atoms with Crippen molar-refractivity contribution >= 4 is 5.97 Å². The number of aliphatic hydroxyl groups is 1. The first-order valence-electron chi connectivity index (χ1n) is 9.26. The number of allylic oxidation sites excluding steroid dienone is 1. The molecule has 1 aliphatic heterocycles. The SMILES string of the molecule is C=CCn1ncc(CN2CC[C@](Cc3ccccc3)(C(=O)O)[C@H](O)C2)c1C. The number of aliphatic hydroxyl groups excluding tert-OH is 1. The number of rotatable bonds is 7. The average molecular weight is 369 g/mol. The summed E-state index contributed by atoms with van der Waals surface area (Å²) < 4.78 is 1.89. The summed E-state index contributed by atoms with van der Waals surface area (Å²) in [5, 5.41) is 25.1. The zero-order valence-corrected chi connectivity index (χ0v) is 15.7. The van der Waals surface area contributed by atoms with Gasteiger partial charge in [0.15, 0.2) is 0 Å². The van der Waals surface area contributed by atoms with Crippen molar-refractivity contribution < 1.29 is 15.0 Å². The third-order valence-electron chi connectivity index (χ3n) is 5.63. The molecule has 1 fully saturated rings. The van der Waals surface area contributed by atoms with Crippen LogP contribution in [0.4, 0.5) is 0 Å². The first kappa shape index (κ1) is 19.3. The maximum atomic E-state index is 12.1. The number of carboxylic acid groups (broad SMARTS) is 1. The Morgan fingerprint density at radius 1 is 1.41 bits per heavy atom. The second-order valence-electron chi connectivity index (χ2n) is 7.35. The van der Waals surface area contributed by atoms with E-state index in [-0.39, 0.29) is 0 Å². The van der Waals surface area contributed by atoms with E-state index in [1.54, 1.807) is 6.08 Å². The third-order valence-corrected chi connectivity index (χ3v) is 5.63. The fourth-order valence-corrected chi connectivity index (χ4v) is 3.86. The van der Waals surface area contributed by atoms with Gasteiger partial charge in [0.2, 0.25) is 0 Å². The number of carbonyl (C=O) groups is 1. The fourth-order valence-electron chi connectivity index (χ4n) is 3.86. The van der Waals surface area contributed by atoms with Crippen molar-refractivity contribution in [3.63, 3.8) is 0 Å². The van der Waals surface area contributed by atoms with Crippen LogP contribution in [-0.2, 0) is 24.3 Å². The maximum Gasteiger partial charge on any atom is 0.312 e. The van der Waals surface area contributed by atoms with Gasteiger partial charge >= 0.3 is 5.97 Å². The van der Waals surface area contributed by atoms with Crippen LogP contribution in [0.25, 0.3) is 0 Å². The summed E-state index contributed by atoms with van der Waals surface area (Å²) in [7, 11) is 0. The van der Waals surface area contributed by atoms with Gasteiger partial charge in [-0.15, -0.1) is 6.58 Å². The molecule has 0 spiro atoms. The van der Waals surface area contributed by atoms with E-state index in [4.69, 9.17) is 0 Å². The molecule has 6 heteroatoms. The summed E-state index contributed by atoms with van der Waals surface area (Å²) in [6.45, 7) is 8.04. The van der Waals surface area contributed by atoms with Crippen LogP contribution >= 0.6 is 0 Å². The number of hydrogen-bond acceptors (Lipinski definition) is 4. The number of aliphatic carboxylic acids is 1. The summed E-state index contributed by atoms with van der Waals surface area (Å²) in [4.78, 5) is 14.2. The highest BCUT2D eigenvalue weighted by Crippen LogP contribution is 2.36. The largest absolute Gasteiger partial charge is 0.481 e. The number of nitrogens with zero attached hydrogens (tertiary/aromatic N) is 3. The fraction of sp³-hybridized carbons (Fsp3) is 0.429. The Hall–Kier alpha value is -2.44. The van der Waals surface area contributed by atoms with Gasteiger partial charge in [0.25, 0.3) is 0 Å². The molecule has 0 unspecified atom stereocenters. The summed E-state index contributed by atoms with van der Waals surface area (Å²) in [5.74, 6) is -0.923. The van der Waals surface area contributed by atoms with E-state index in [0.29, 0.717) is 39.0 Å². The summed E-state index contributed by atoms with van der Waals surface area (Å²) in [6.07, 6.45) is 3.48. The summed E-state index contributed by atoms with van der Waals surface area (Å²) in [5.41, 5.74) is 1.97. The highest BCUT2D eigenvalue weighted by molar-refractivity contribution is 5.76. The lowest BCUT2D eigenvalue weighted by Crippen LogP contribution is -2.55. The highest BCUT2D eigenvalue weighted by Gasteiger charge is 2.48. The van der Waals surface area contributed by atoms with Gasteiger partial charge in [0.1, 0.15) is 5.41 Å². The van der Waals surface area contributed by atoms with Crippen LogP contribution in [0.5, 0.6) is 0 Å². The molecule has 1 aromatic heterocycles. The van der Waals surface area contributed by atoms with E-state index in [0.717, 1.165) is 16.8 Å². The minimum absolute atomic E-state index is 0.339. The molecule has 3 rings (SSSR count). The third kappa shape index (κ3) is 3.96. The molecule has 144 valence electrons. The molecule has 6 nitrogen and oxygen atoms in total. The Morgan fingerprint density at radius 3 is 2.78 bits per heavy atom. The van der Waals surface area contributed by atoms with Gasteiger partial charge in [-0.2, -0.15) is 5.10 Å². The zero-order valence-electron chi connectivity index (χ0n) is 15.7. The molecule has 1 aliphatic rings.